The van der Waals surface area contributed by atoms with Crippen LogP contribution >= 0.6 is 23.1 Å². The van der Waals surface area contributed by atoms with Gasteiger partial charge in [-0.25, -0.2) is 14.8 Å². The van der Waals surface area contributed by atoms with Gasteiger partial charge in [0.1, 0.15) is 16.4 Å². The van der Waals surface area contributed by atoms with E-state index in [-0.39, 0.29) is 5.56 Å². The smallest absolute Gasteiger partial charge is 0.340 e. The van der Waals surface area contributed by atoms with E-state index in [1.165, 1.54) is 16.6 Å². The van der Waals surface area contributed by atoms with Gasteiger partial charge in [0.2, 0.25) is 0 Å². The highest BCUT2D eigenvalue weighted by Gasteiger charge is 2.18. The summed E-state index contributed by atoms with van der Waals surface area (Å²) in [7, 11) is 0. The van der Waals surface area contributed by atoms with Gasteiger partial charge in [-0.3, -0.25) is 0 Å². The van der Waals surface area contributed by atoms with Gasteiger partial charge in [0.15, 0.2) is 0 Å². The first-order valence-electron chi connectivity index (χ1n) is 5.87. The molecule has 0 spiro atoms. The van der Waals surface area contributed by atoms with Gasteiger partial charge < -0.3 is 5.11 Å². The van der Waals surface area contributed by atoms with Gasteiger partial charge >= 0.3 is 5.97 Å². The van der Waals surface area contributed by atoms with Gasteiger partial charge in [-0.1, -0.05) is 24.8 Å². The summed E-state index contributed by atoms with van der Waals surface area (Å²) in [6, 6.07) is 4.02. The Bertz CT molecular complexity index is 583. The molecular formula is C13H14N2O2S2. The first-order valence-corrected chi connectivity index (χ1v) is 7.74. The van der Waals surface area contributed by atoms with E-state index in [4.69, 9.17) is 0 Å². The number of aryl methyl sites for hydroxylation is 2. The molecule has 19 heavy (non-hydrogen) atoms. The van der Waals surface area contributed by atoms with Crippen LogP contribution in [0.25, 0.3) is 0 Å². The van der Waals surface area contributed by atoms with Crippen LogP contribution in [0.3, 0.4) is 0 Å². The minimum atomic E-state index is -0.964. The standard InChI is InChI=1S/C13H14N2O2S2/c1-3-10-14-8(2)11(13(16)17)12(15-10)19-7-9-5-4-6-18-9/h4-6H,3,7H2,1-2H3,(H,16,17). The molecule has 0 bridgehead atoms. The molecule has 2 aromatic heterocycles. The van der Waals surface area contributed by atoms with Crippen molar-refractivity contribution < 1.29 is 9.90 Å². The molecule has 2 heterocycles. The predicted octanol–water partition coefficient (Wildman–Crippen LogP) is 3.40. The SMILES string of the molecule is CCc1nc(C)c(C(=O)O)c(SCc2cccs2)n1. The Morgan fingerprint density at radius 3 is 2.84 bits per heavy atom. The summed E-state index contributed by atoms with van der Waals surface area (Å²) >= 11 is 3.11. The molecule has 2 aromatic rings. The Kier molecular flexibility index (Phi) is 4.55. The third kappa shape index (κ3) is 3.33. The van der Waals surface area contributed by atoms with Gasteiger partial charge in [-0.15, -0.1) is 11.3 Å². The molecule has 0 aliphatic rings. The van der Waals surface area contributed by atoms with Crippen molar-refractivity contribution in [3.8, 4) is 0 Å². The maximum Gasteiger partial charge on any atom is 0.340 e. The fourth-order valence-corrected chi connectivity index (χ4v) is 3.51. The summed E-state index contributed by atoms with van der Waals surface area (Å²) in [5, 5.41) is 11.8. The first-order chi connectivity index (χ1) is 9.11. The maximum absolute atomic E-state index is 11.3. The fraction of sp³-hybridized carbons (Fsp3) is 0.308. The number of thiophene rings is 1. The van der Waals surface area contributed by atoms with E-state index < -0.39 is 5.97 Å². The molecule has 0 radical (unpaired) electrons. The van der Waals surface area contributed by atoms with Gasteiger partial charge in [0.25, 0.3) is 0 Å². The number of aromatic nitrogens is 2. The van der Waals surface area contributed by atoms with Crippen LogP contribution in [-0.4, -0.2) is 21.0 Å². The Labute approximate surface area is 119 Å². The minimum absolute atomic E-state index is 0.221. The Morgan fingerprint density at radius 2 is 2.26 bits per heavy atom. The van der Waals surface area contributed by atoms with Gasteiger partial charge in [-0.05, 0) is 18.4 Å². The number of aromatic carboxylic acids is 1. The van der Waals surface area contributed by atoms with E-state index in [0.717, 1.165) is 5.75 Å². The van der Waals surface area contributed by atoms with Crippen molar-refractivity contribution in [3.05, 3.63) is 39.5 Å². The number of hydrogen-bond acceptors (Lipinski definition) is 5. The van der Waals surface area contributed by atoms with Crippen molar-refractivity contribution in [2.75, 3.05) is 0 Å². The number of rotatable bonds is 5. The minimum Gasteiger partial charge on any atom is -0.478 e. The Morgan fingerprint density at radius 1 is 1.47 bits per heavy atom. The van der Waals surface area contributed by atoms with Crippen molar-refractivity contribution in [1.29, 1.82) is 0 Å². The summed E-state index contributed by atoms with van der Waals surface area (Å²) in [5.74, 6) is 0.461. The Hall–Kier alpha value is -1.40. The molecule has 4 nitrogen and oxygen atoms in total. The maximum atomic E-state index is 11.3. The van der Waals surface area contributed by atoms with Gasteiger partial charge in [-0.2, -0.15) is 0 Å². The molecule has 0 fully saturated rings. The average molecular weight is 294 g/mol. The van der Waals surface area contributed by atoms with E-state index in [9.17, 15) is 9.90 Å². The lowest BCUT2D eigenvalue weighted by molar-refractivity contribution is 0.0690. The second-order valence-corrected chi connectivity index (χ2v) is 5.93. The molecule has 0 saturated carbocycles. The van der Waals surface area contributed by atoms with Crippen molar-refractivity contribution >= 4 is 29.1 Å². The third-order valence-electron chi connectivity index (χ3n) is 2.56. The first kappa shape index (κ1) is 14.0. The van der Waals surface area contributed by atoms with Crippen LogP contribution in [0.15, 0.2) is 22.5 Å². The molecule has 0 unspecified atom stereocenters. The third-order valence-corrected chi connectivity index (χ3v) is 4.65. The molecule has 0 saturated heterocycles. The Balaban J connectivity index is 2.30. The number of carboxylic acids is 1. The number of carbonyl (C=O) groups is 1. The highest BCUT2D eigenvalue weighted by molar-refractivity contribution is 7.98. The zero-order valence-corrected chi connectivity index (χ0v) is 12.3. The number of nitrogens with zero attached hydrogens (tertiary/aromatic N) is 2. The molecule has 0 aliphatic carbocycles. The zero-order valence-electron chi connectivity index (χ0n) is 10.7. The molecule has 2 rings (SSSR count). The lowest BCUT2D eigenvalue weighted by atomic mass is 10.2. The van der Waals surface area contributed by atoms with Crippen LogP contribution in [0, 0.1) is 6.92 Å². The molecule has 100 valence electrons. The highest BCUT2D eigenvalue weighted by atomic mass is 32.2. The van der Waals surface area contributed by atoms with E-state index in [1.54, 1.807) is 18.3 Å². The summed E-state index contributed by atoms with van der Waals surface area (Å²) in [4.78, 5) is 21.1. The lowest BCUT2D eigenvalue weighted by Gasteiger charge is -2.08. The van der Waals surface area contributed by atoms with Crippen LogP contribution in [-0.2, 0) is 12.2 Å². The monoisotopic (exact) mass is 294 g/mol. The van der Waals surface area contributed by atoms with E-state index >= 15 is 0 Å². The molecule has 1 N–H and O–H groups in total. The molecule has 0 atom stereocenters. The molecular weight excluding hydrogens is 280 g/mol. The van der Waals surface area contributed by atoms with Crippen molar-refractivity contribution in [1.82, 2.24) is 9.97 Å². The van der Waals surface area contributed by atoms with Gasteiger partial charge in [0.05, 0.1) is 5.69 Å². The van der Waals surface area contributed by atoms with Crippen LogP contribution < -0.4 is 0 Å². The molecule has 0 aromatic carbocycles. The van der Waals surface area contributed by atoms with E-state index in [1.807, 2.05) is 24.4 Å². The molecule has 0 amide bonds. The van der Waals surface area contributed by atoms with Crippen LogP contribution in [0.4, 0.5) is 0 Å². The summed E-state index contributed by atoms with van der Waals surface area (Å²) in [6.07, 6.45) is 0.702. The second-order valence-electron chi connectivity index (χ2n) is 3.93. The molecule has 0 aliphatic heterocycles. The predicted molar refractivity (Wildman–Crippen MR) is 77.0 cm³/mol. The van der Waals surface area contributed by atoms with Crippen LogP contribution in [0.5, 0.6) is 0 Å². The largest absolute Gasteiger partial charge is 0.478 e. The average Bonchev–Trinajstić information content (AvgIpc) is 2.88. The second kappa shape index (κ2) is 6.16. The number of carboxylic acid groups (broad SMARTS) is 1. The van der Waals surface area contributed by atoms with Crippen LogP contribution in [0.1, 0.15) is 33.7 Å². The number of thioether (sulfide) groups is 1. The topological polar surface area (TPSA) is 63.1 Å². The van der Waals surface area contributed by atoms with Crippen molar-refractivity contribution in [3.63, 3.8) is 0 Å². The summed E-state index contributed by atoms with van der Waals surface area (Å²) in [6.45, 7) is 3.68. The zero-order chi connectivity index (χ0) is 13.8. The van der Waals surface area contributed by atoms with Crippen LogP contribution in [0.2, 0.25) is 0 Å². The fourth-order valence-electron chi connectivity index (χ4n) is 1.65. The normalized spacial score (nSPS) is 10.6. The summed E-state index contributed by atoms with van der Waals surface area (Å²) < 4.78 is 0. The quantitative estimate of drug-likeness (QED) is 0.676. The van der Waals surface area contributed by atoms with Gasteiger partial charge in [0, 0.05) is 17.1 Å². The van der Waals surface area contributed by atoms with E-state index in [0.29, 0.717) is 23.0 Å². The molecule has 6 heteroatoms. The number of hydrogen-bond donors (Lipinski definition) is 1. The van der Waals surface area contributed by atoms with E-state index in [2.05, 4.69) is 9.97 Å². The lowest BCUT2D eigenvalue weighted by Crippen LogP contribution is -2.09. The summed E-state index contributed by atoms with van der Waals surface area (Å²) in [5.41, 5.74) is 0.756. The highest BCUT2D eigenvalue weighted by Crippen LogP contribution is 2.27. The van der Waals surface area contributed by atoms with Crippen molar-refractivity contribution in [2.45, 2.75) is 31.0 Å². The van der Waals surface area contributed by atoms with Crippen molar-refractivity contribution in [2.24, 2.45) is 0 Å².